The van der Waals surface area contributed by atoms with Crippen LogP contribution in [0.15, 0.2) is 40.9 Å². The van der Waals surface area contributed by atoms with Gasteiger partial charge in [-0.25, -0.2) is 4.79 Å². The summed E-state index contributed by atoms with van der Waals surface area (Å²) in [7, 11) is 0. The van der Waals surface area contributed by atoms with Crippen molar-refractivity contribution in [1.82, 2.24) is 0 Å². The Hall–Kier alpha value is -2.34. The highest BCUT2D eigenvalue weighted by Gasteiger charge is 2.11. The Kier molecular flexibility index (Phi) is 7.21. The van der Waals surface area contributed by atoms with Crippen molar-refractivity contribution >= 4 is 33.5 Å². The zero-order valence-electron chi connectivity index (χ0n) is 15.1. The molecule has 138 valence electrons. The number of halogens is 1. The van der Waals surface area contributed by atoms with Crippen LogP contribution >= 0.6 is 15.9 Å². The third-order valence-electron chi connectivity index (χ3n) is 3.56. The fourth-order valence-corrected chi connectivity index (χ4v) is 3.18. The Morgan fingerprint density at radius 1 is 1.12 bits per heavy atom. The number of esters is 1. The van der Waals surface area contributed by atoms with Crippen LogP contribution in [0.5, 0.6) is 5.75 Å². The zero-order valence-corrected chi connectivity index (χ0v) is 16.7. The lowest BCUT2D eigenvalue weighted by Crippen LogP contribution is -2.20. The molecule has 26 heavy (non-hydrogen) atoms. The number of carbonyl (C=O) groups excluding carboxylic acids is 2. The number of amides is 1. The van der Waals surface area contributed by atoms with Gasteiger partial charge in [0.1, 0.15) is 5.75 Å². The molecule has 0 unspecified atom stereocenters. The highest BCUT2D eigenvalue weighted by atomic mass is 79.9. The standard InChI is InChI=1S/C20H22BrNO4/c1-4-9-25-20(24)15-5-7-16(8-6-15)22-18(23)12-26-19-14(3)10-13(2)11-17(19)21/h5-8,10-11H,4,9,12H2,1-3H3,(H,22,23). The number of hydrogen-bond donors (Lipinski definition) is 1. The van der Waals surface area contributed by atoms with Crippen molar-refractivity contribution in [2.75, 3.05) is 18.5 Å². The first-order valence-electron chi connectivity index (χ1n) is 8.37. The smallest absolute Gasteiger partial charge is 0.338 e. The Balaban J connectivity index is 1.91. The predicted molar refractivity (Wildman–Crippen MR) is 105 cm³/mol. The second-order valence-corrected chi connectivity index (χ2v) is 6.80. The van der Waals surface area contributed by atoms with Crippen LogP contribution in [0, 0.1) is 13.8 Å². The van der Waals surface area contributed by atoms with Crippen LogP contribution in [0.3, 0.4) is 0 Å². The van der Waals surface area contributed by atoms with Crippen molar-refractivity contribution in [3.05, 3.63) is 57.6 Å². The minimum Gasteiger partial charge on any atom is -0.482 e. The van der Waals surface area contributed by atoms with E-state index in [9.17, 15) is 9.59 Å². The quantitative estimate of drug-likeness (QED) is 0.663. The largest absolute Gasteiger partial charge is 0.482 e. The van der Waals surface area contributed by atoms with Gasteiger partial charge in [0.25, 0.3) is 5.91 Å². The van der Waals surface area contributed by atoms with Gasteiger partial charge in [-0.3, -0.25) is 4.79 Å². The lowest BCUT2D eigenvalue weighted by Gasteiger charge is -2.12. The molecule has 0 aliphatic rings. The van der Waals surface area contributed by atoms with E-state index in [0.717, 1.165) is 22.0 Å². The molecule has 0 bridgehead atoms. The molecule has 0 spiro atoms. The summed E-state index contributed by atoms with van der Waals surface area (Å²) >= 11 is 3.45. The van der Waals surface area contributed by atoms with Gasteiger partial charge in [-0.15, -0.1) is 0 Å². The average Bonchev–Trinajstić information content (AvgIpc) is 2.59. The predicted octanol–water partition coefficient (Wildman–Crippen LogP) is 4.65. The molecule has 0 atom stereocenters. The number of ether oxygens (including phenoxy) is 2. The summed E-state index contributed by atoms with van der Waals surface area (Å²) < 4.78 is 11.5. The molecule has 0 saturated carbocycles. The summed E-state index contributed by atoms with van der Waals surface area (Å²) in [6, 6.07) is 10.5. The Morgan fingerprint density at radius 3 is 2.42 bits per heavy atom. The van der Waals surface area contributed by atoms with Gasteiger partial charge in [-0.2, -0.15) is 0 Å². The van der Waals surface area contributed by atoms with Crippen LogP contribution in [0.1, 0.15) is 34.8 Å². The van der Waals surface area contributed by atoms with E-state index in [1.807, 2.05) is 32.9 Å². The summed E-state index contributed by atoms with van der Waals surface area (Å²) in [6.07, 6.45) is 0.774. The van der Waals surface area contributed by atoms with Crippen LogP contribution in [-0.2, 0) is 9.53 Å². The monoisotopic (exact) mass is 419 g/mol. The number of carbonyl (C=O) groups is 2. The first-order chi connectivity index (χ1) is 12.4. The molecule has 6 heteroatoms. The third-order valence-corrected chi connectivity index (χ3v) is 4.15. The Bertz CT molecular complexity index is 764. The van der Waals surface area contributed by atoms with E-state index < -0.39 is 0 Å². The SMILES string of the molecule is CCCOC(=O)c1ccc(NC(=O)COc2c(C)cc(C)cc2Br)cc1. The normalized spacial score (nSPS) is 10.3. The lowest BCUT2D eigenvalue weighted by atomic mass is 10.1. The van der Waals surface area contributed by atoms with Crippen LogP contribution in [0.4, 0.5) is 5.69 Å². The molecule has 5 nitrogen and oxygen atoms in total. The number of rotatable bonds is 7. The van der Waals surface area contributed by atoms with Gasteiger partial charge in [0, 0.05) is 5.69 Å². The fraction of sp³-hybridized carbons (Fsp3) is 0.300. The van der Waals surface area contributed by atoms with Gasteiger partial charge in [0.05, 0.1) is 16.6 Å². The summed E-state index contributed by atoms with van der Waals surface area (Å²) in [6.45, 7) is 6.15. The highest BCUT2D eigenvalue weighted by molar-refractivity contribution is 9.10. The number of hydrogen-bond acceptors (Lipinski definition) is 4. The van der Waals surface area contributed by atoms with Crippen molar-refractivity contribution in [2.45, 2.75) is 27.2 Å². The second-order valence-electron chi connectivity index (χ2n) is 5.94. The van der Waals surface area contributed by atoms with Crippen molar-refractivity contribution in [1.29, 1.82) is 0 Å². The van der Waals surface area contributed by atoms with Crippen LogP contribution in [0.2, 0.25) is 0 Å². The van der Waals surface area contributed by atoms with Gasteiger partial charge in [-0.05, 0) is 77.7 Å². The number of benzene rings is 2. The van der Waals surface area contributed by atoms with Crippen molar-refractivity contribution < 1.29 is 19.1 Å². The molecule has 0 aliphatic carbocycles. The molecule has 0 aliphatic heterocycles. The van der Waals surface area contributed by atoms with Gasteiger partial charge in [0.15, 0.2) is 6.61 Å². The molecule has 2 rings (SSSR count). The summed E-state index contributed by atoms with van der Waals surface area (Å²) in [4.78, 5) is 23.8. The first kappa shape index (κ1) is 20.0. The molecular formula is C20H22BrNO4. The molecule has 0 fully saturated rings. The number of nitrogens with one attached hydrogen (secondary N) is 1. The average molecular weight is 420 g/mol. The van der Waals surface area contributed by atoms with Gasteiger partial charge in [-0.1, -0.05) is 13.0 Å². The maximum Gasteiger partial charge on any atom is 0.338 e. The molecule has 1 amide bonds. The molecule has 0 radical (unpaired) electrons. The van der Waals surface area contributed by atoms with E-state index in [-0.39, 0.29) is 18.5 Å². The van der Waals surface area contributed by atoms with Crippen molar-refractivity contribution in [3.8, 4) is 5.75 Å². The second kappa shape index (κ2) is 9.38. The lowest BCUT2D eigenvalue weighted by molar-refractivity contribution is -0.118. The van der Waals surface area contributed by atoms with E-state index in [1.165, 1.54) is 0 Å². The Morgan fingerprint density at radius 2 is 1.81 bits per heavy atom. The molecular weight excluding hydrogens is 398 g/mol. The molecule has 2 aromatic rings. The summed E-state index contributed by atoms with van der Waals surface area (Å²) in [5.41, 5.74) is 3.11. The molecule has 0 aromatic heterocycles. The maximum atomic E-state index is 12.1. The van der Waals surface area contributed by atoms with E-state index >= 15 is 0 Å². The summed E-state index contributed by atoms with van der Waals surface area (Å²) in [5.74, 6) is 0.00529. The van der Waals surface area contributed by atoms with Gasteiger partial charge < -0.3 is 14.8 Å². The van der Waals surface area contributed by atoms with E-state index in [4.69, 9.17) is 9.47 Å². The van der Waals surface area contributed by atoms with E-state index in [1.54, 1.807) is 24.3 Å². The minimum atomic E-state index is -0.368. The highest BCUT2D eigenvalue weighted by Crippen LogP contribution is 2.30. The molecule has 0 heterocycles. The first-order valence-corrected chi connectivity index (χ1v) is 9.16. The van der Waals surface area contributed by atoms with Crippen LogP contribution in [0.25, 0.3) is 0 Å². The zero-order chi connectivity index (χ0) is 19.1. The van der Waals surface area contributed by atoms with Gasteiger partial charge in [0.2, 0.25) is 0 Å². The molecule has 0 saturated heterocycles. The maximum absolute atomic E-state index is 12.1. The van der Waals surface area contributed by atoms with Gasteiger partial charge >= 0.3 is 5.97 Å². The van der Waals surface area contributed by atoms with E-state index in [0.29, 0.717) is 23.6 Å². The Labute approximate surface area is 161 Å². The van der Waals surface area contributed by atoms with Crippen molar-refractivity contribution in [3.63, 3.8) is 0 Å². The van der Waals surface area contributed by atoms with Crippen LogP contribution < -0.4 is 10.1 Å². The minimum absolute atomic E-state index is 0.108. The van der Waals surface area contributed by atoms with Crippen molar-refractivity contribution in [2.24, 2.45) is 0 Å². The fourth-order valence-electron chi connectivity index (χ4n) is 2.39. The third kappa shape index (κ3) is 5.59. The molecule has 1 N–H and O–H groups in total. The van der Waals surface area contributed by atoms with E-state index in [2.05, 4.69) is 21.2 Å². The molecule has 2 aromatic carbocycles. The number of aryl methyl sites for hydroxylation is 2. The number of anilines is 1. The topological polar surface area (TPSA) is 64.6 Å². The van der Waals surface area contributed by atoms with Crippen LogP contribution in [-0.4, -0.2) is 25.1 Å². The summed E-state index contributed by atoms with van der Waals surface area (Å²) in [5, 5.41) is 2.74.